The van der Waals surface area contributed by atoms with Crippen LogP contribution in [-0.4, -0.2) is 25.1 Å². The molecule has 0 aromatic carbocycles. The van der Waals surface area contributed by atoms with Gasteiger partial charge >= 0.3 is 5.97 Å². The molecule has 0 aliphatic rings. The summed E-state index contributed by atoms with van der Waals surface area (Å²) in [6.07, 6.45) is 25.4. The van der Waals surface area contributed by atoms with Crippen LogP contribution in [-0.2, 0) is 14.3 Å². The molecular formula is C27H54ClNO3. The summed E-state index contributed by atoms with van der Waals surface area (Å²) < 4.78 is 10.6. The van der Waals surface area contributed by atoms with E-state index in [1.54, 1.807) is 0 Å². The molecule has 0 aliphatic heterocycles. The first-order chi connectivity index (χ1) is 15.2. The lowest BCUT2D eigenvalue weighted by molar-refractivity contribution is -0.142. The summed E-state index contributed by atoms with van der Waals surface area (Å²) >= 11 is 0. The lowest BCUT2D eigenvalue weighted by Gasteiger charge is -2.08. The molecule has 32 heavy (non-hydrogen) atoms. The van der Waals surface area contributed by atoms with E-state index in [4.69, 9.17) is 14.9 Å². The monoisotopic (exact) mass is 475 g/mol. The molecule has 0 radical (unpaired) electrons. The molecule has 0 atom stereocenters. The Labute approximate surface area is 205 Å². The van der Waals surface area contributed by atoms with E-state index in [9.17, 15) is 4.79 Å². The molecule has 5 heteroatoms. The van der Waals surface area contributed by atoms with Crippen LogP contribution in [0.15, 0.2) is 0 Å². The van der Waals surface area contributed by atoms with Gasteiger partial charge in [0.15, 0.2) is 5.90 Å². The molecule has 0 heterocycles. The number of carbonyl (C=O) groups excluding carboxylic acids is 1. The summed E-state index contributed by atoms with van der Waals surface area (Å²) in [5.41, 5.74) is 0. The van der Waals surface area contributed by atoms with Crippen LogP contribution in [0.5, 0.6) is 0 Å². The van der Waals surface area contributed by atoms with E-state index >= 15 is 0 Å². The highest BCUT2D eigenvalue weighted by atomic mass is 35.5. The molecule has 0 aromatic rings. The molecule has 0 aliphatic carbocycles. The Bertz CT molecular complexity index is 368. The van der Waals surface area contributed by atoms with Gasteiger partial charge in [-0.2, -0.15) is 0 Å². The van der Waals surface area contributed by atoms with Crippen molar-refractivity contribution in [3.8, 4) is 0 Å². The summed E-state index contributed by atoms with van der Waals surface area (Å²) in [7, 11) is 0. The highest BCUT2D eigenvalue weighted by Gasteiger charge is 2.08. The van der Waals surface area contributed by atoms with Gasteiger partial charge in [0, 0.05) is 0 Å². The number of hydrogen-bond acceptors (Lipinski definition) is 4. The molecule has 192 valence electrons. The third-order valence-electron chi connectivity index (χ3n) is 5.84. The van der Waals surface area contributed by atoms with Gasteiger partial charge in [-0.3, -0.25) is 10.2 Å². The van der Waals surface area contributed by atoms with Gasteiger partial charge in [-0.25, -0.2) is 0 Å². The van der Waals surface area contributed by atoms with Gasteiger partial charge in [0.25, 0.3) is 0 Å². The first kappa shape index (κ1) is 33.4. The number of halogens is 1. The van der Waals surface area contributed by atoms with E-state index < -0.39 is 0 Å². The number of ether oxygens (including phenoxy) is 2. The van der Waals surface area contributed by atoms with E-state index in [1.807, 2.05) is 0 Å². The molecular weight excluding hydrogens is 422 g/mol. The van der Waals surface area contributed by atoms with Gasteiger partial charge in [-0.15, -0.1) is 12.4 Å². The number of carbonyl (C=O) groups is 1. The number of esters is 1. The molecule has 0 fully saturated rings. The van der Waals surface area contributed by atoms with Crippen LogP contribution in [0.2, 0.25) is 0 Å². The maximum Gasteiger partial charge on any atom is 0.315 e. The Morgan fingerprint density at radius 3 is 1.22 bits per heavy atom. The molecule has 0 unspecified atom stereocenters. The van der Waals surface area contributed by atoms with E-state index in [1.165, 1.54) is 103 Å². The van der Waals surface area contributed by atoms with Gasteiger partial charge < -0.3 is 9.47 Å². The van der Waals surface area contributed by atoms with E-state index in [0.717, 1.165) is 25.7 Å². The summed E-state index contributed by atoms with van der Waals surface area (Å²) in [4.78, 5) is 11.8. The predicted octanol–water partition coefficient (Wildman–Crippen LogP) is 9.18. The Balaban J connectivity index is 0. The van der Waals surface area contributed by atoms with E-state index in [-0.39, 0.29) is 30.7 Å². The van der Waals surface area contributed by atoms with Crippen LogP contribution in [0.4, 0.5) is 0 Å². The zero-order valence-electron chi connectivity index (χ0n) is 21.4. The second-order valence-electron chi connectivity index (χ2n) is 9.03. The van der Waals surface area contributed by atoms with Gasteiger partial charge in [-0.1, -0.05) is 129 Å². The Morgan fingerprint density at radius 1 is 0.531 bits per heavy atom. The van der Waals surface area contributed by atoms with Crippen LogP contribution < -0.4 is 0 Å². The maximum absolute atomic E-state index is 11.8. The summed E-state index contributed by atoms with van der Waals surface area (Å²) in [6.45, 7) is 5.52. The van der Waals surface area contributed by atoms with Crippen LogP contribution in [0.25, 0.3) is 0 Å². The fourth-order valence-electron chi connectivity index (χ4n) is 3.79. The molecule has 1 N–H and O–H groups in total. The van der Waals surface area contributed by atoms with E-state index in [2.05, 4.69) is 13.8 Å². The SMILES string of the molecule is CCCCCCCCCCCCOC(=N)CC(=O)OCCCCCCCCCCCC.Cl. The molecule has 0 saturated carbocycles. The van der Waals surface area contributed by atoms with Crippen molar-refractivity contribution in [3.05, 3.63) is 0 Å². The van der Waals surface area contributed by atoms with Crippen LogP contribution in [0, 0.1) is 5.41 Å². The second kappa shape index (κ2) is 28.3. The highest BCUT2D eigenvalue weighted by molar-refractivity contribution is 5.92. The Kier molecular flexibility index (Phi) is 29.5. The first-order valence-corrected chi connectivity index (χ1v) is 13.6. The Morgan fingerprint density at radius 2 is 0.844 bits per heavy atom. The van der Waals surface area contributed by atoms with Crippen molar-refractivity contribution >= 4 is 24.3 Å². The first-order valence-electron chi connectivity index (χ1n) is 13.6. The van der Waals surface area contributed by atoms with Crippen molar-refractivity contribution in [2.24, 2.45) is 0 Å². The highest BCUT2D eigenvalue weighted by Crippen LogP contribution is 2.11. The predicted molar refractivity (Wildman–Crippen MR) is 140 cm³/mol. The molecule has 0 aromatic heterocycles. The van der Waals surface area contributed by atoms with Crippen molar-refractivity contribution in [1.82, 2.24) is 0 Å². The molecule has 0 rings (SSSR count). The summed E-state index contributed by atoms with van der Waals surface area (Å²) in [6, 6.07) is 0. The molecule has 4 nitrogen and oxygen atoms in total. The largest absolute Gasteiger partial charge is 0.481 e. The van der Waals surface area contributed by atoms with Crippen LogP contribution in [0.1, 0.15) is 149 Å². The van der Waals surface area contributed by atoms with Gasteiger partial charge in [0.05, 0.1) is 13.2 Å². The maximum atomic E-state index is 11.8. The average Bonchev–Trinajstić information content (AvgIpc) is 2.75. The topological polar surface area (TPSA) is 59.4 Å². The van der Waals surface area contributed by atoms with Gasteiger partial charge in [0.1, 0.15) is 6.42 Å². The number of nitrogens with one attached hydrogen (secondary N) is 1. The number of rotatable bonds is 24. The summed E-state index contributed by atoms with van der Waals surface area (Å²) in [5.74, 6) is -0.284. The molecule has 0 amide bonds. The fourth-order valence-corrected chi connectivity index (χ4v) is 3.79. The molecule has 0 saturated heterocycles. The molecule has 0 spiro atoms. The number of unbranched alkanes of at least 4 members (excludes halogenated alkanes) is 18. The average molecular weight is 476 g/mol. The van der Waals surface area contributed by atoms with Crippen molar-refractivity contribution in [3.63, 3.8) is 0 Å². The summed E-state index contributed by atoms with van der Waals surface area (Å²) in [5, 5.41) is 7.78. The van der Waals surface area contributed by atoms with E-state index in [0.29, 0.717) is 13.2 Å². The smallest absolute Gasteiger partial charge is 0.315 e. The zero-order valence-corrected chi connectivity index (χ0v) is 22.2. The van der Waals surface area contributed by atoms with Gasteiger partial charge in [-0.05, 0) is 12.8 Å². The minimum Gasteiger partial charge on any atom is -0.481 e. The van der Waals surface area contributed by atoms with Crippen molar-refractivity contribution in [2.45, 2.75) is 149 Å². The van der Waals surface area contributed by atoms with Crippen molar-refractivity contribution in [1.29, 1.82) is 5.41 Å². The minimum absolute atomic E-state index is 0. The third-order valence-corrected chi connectivity index (χ3v) is 5.84. The zero-order chi connectivity index (χ0) is 22.8. The normalized spacial score (nSPS) is 10.6. The molecule has 0 bridgehead atoms. The van der Waals surface area contributed by atoms with Crippen molar-refractivity contribution < 1.29 is 14.3 Å². The number of hydrogen-bond donors (Lipinski definition) is 1. The fraction of sp³-hybridized carbons (Fsp3) is 0.926. The van der Waals surface area contributed by atoms with Crippen LogP contribution >= 0.6 is 12.4 Å². The van der Waals surface area contributed by atoms with Gasteiger partial charge in [0.2, 0.25) is 0 Å². The van der Waals surface area contributed by atoms with Crippen LogP contribution in [0.3, 0.4) is 0 Å². The third kappa shape index (κ3) is 27.3. The Hall–Kier alpha value is -0.770. The lowest BCUT2D eigenvalue weighted by atomic mass is 10.1. The lowest BCUT2D eigenvalue weighted by Crippen LogP contribution is -2.14. The van der Waals surface area contributed by atoms with Crippen molar-refractivity contribution in [2.75, 3.05) is 13.2 Å². The quantitative estimate of drug-likeness (QED) is 0.0654. The minimum atomic E-state index is -0.330. The second-order valence-corrected chi connectivity index (χ2v) is 9.03. The standard InChI is InChI=1S/C27H53NO3.ClH/c1-3-5-7-9-11-13-15-17-19-21-23-30-26(28)25-27(29)31-24-22-20-18-16-14-12-10-8-6-4-2;/h28H,3-25H2,1-2H3;1H.